The Bertz CT molecular complexity index is 970. The number of rotatable bonds is 8. The van der Waals surface area contributed by atoms with Crippen molar-refractivity contribution in [3.8, 4) is 0 Å². The Balaban J connectivity index is 1.50. The lowest BCUT2D eigenvalue weighted by Crippen LogP contribution is -2.51. The van der Waals surface area contributed by atoms with E-state index in [9.17, 15) is 13.2 Å². The minimum atomic E-state index is -3.51. The zero-order valence-corrected chi connectivity index (χ0v) is 19.6. The van der Waals surface area contributed by atoms with E-state index in [0.717, 1.165) is 24.0 Å². The number of sulfonamides is 1. The summed E-state index contributed by atoms with van der Waals surface area (Å²) in [6.45, 7) is 6.07. The van der Waals surface area contributed by atoms with Crippen LogP contribution in [0.15, 0.2) is 53.4 Å². The molecule has 1 heterocycles. The largest absolute Gasteiger partial charge is 0.348 e. The maximum absolute atomic E-state index is 12.9. The molecule has 1 N–H and O–H groups in total. The Morgan fingerprint density at radius 1 is 1.03 bits per heavy atom. The summed E-state index contributed by atoms with van der Waals surface area (Å²) < 4.78 is 27.4. The number of halogens is 1. The molecular weight excluding hydrogens is 434 g/mol. The number of nitrogens with zero attached hydrogens (tertiary/aromatic N) is 2. The Morgan fingerprint density at radius 3 is 2.23 bits per heavy atom. The first kappa shape index (κ1) is 23.7. The lowest BCUT2D eigenvalue weighted by molar-refractivity contribution is -0.123. The molecule has 2 aromatic rings. The van der Waals surface area contributed by atoms with Gasteiger partial charge in [0.05, 0.1) is 17.5 Å². The van der Waals surface area contributed by atoms with Gasteiger partial charge in [0.15, 0.2) is 0 Å². The van der Waals surface area contributed by atoms with E-state index < -0.39 is 10.0 Å². The first-order valence-corrected chi connectivity index (χ1v) is 12.5. The van der Waals surface area contributed by atoms with Crippen LogP contribution < -0.4 is 5.32 Å². The Kier molecular flexibility index (Phi) is 8.11. The average molecular weight is 464 g/mol. The zero-order chi connectivity index (χ0) is 22.4. The van der Waals surface area contributed by atoms with E-state index in [1.54, 1.807) is 24.3 Å². The molecule has 0 aliphatic carbocycles. The first-order chi connectivity index (χ1) is 14.8. The number of hydrogen-bond acceptors (Lipinski definition) is 4. The lowest BCUT2D eigenvalue weighted by atomic mass is 10.1. The second kappa shape index (κ2) is 10.6. The molecule has 1 saturated heterocycles. The minimum Gasteiger partial charge on any atom is -0.348 e. The molecule has 1 amide bonds. The molecule has 3 rings (SSSR count). The SMILES string of the molecule is CCCc1ccc(S(=O)(=O)N2CCN(CC(=O)NC(C)c3ccc(Cl)cc3)CC2)cc1. The van der Waals surface area contributed by atoms with Crippen molar-refractivity contribution in [3.63, 3.8) is 0 Å². The number of hydrogen-bond donors (Lipinski definition) is 1. The van der Waals surface area contributed by atoms with Gasteiger partial charge in [-0.3, -0.25) is 9.69 Å². The van der Waals surface area contributed by atoms with Crippen molar-refractivity contribution >= 4 is 27.5 Å². The third-order valence-corrected chi connectivity index (χ3v) is 7.71. The van der Waals surface area contributed by atoms with Gasteiger partial charge in [-0.25, -0.2) is 8.42 Å². The molecule has 1 aliphatic heterocycles. The summed E-state index contributed by atoms with van der Waals surface area (Å²) in [6, 6.07) is 14.4. The molecule has 1 unspecified atom stereocenters. The minimum absolute atomic E-state index is 0.0785. The molecule has 0 spiro atoms. The summed E-state index contributed by atoms with van der Waals surface area (Å²) >= 11 is 5.91. The van der Waals surface area contributed by atoms with E-state index in [4.69, 9.17) is 11.6 Å². The maximum Gasteiger partial charge on any atom is 0.243 e. The monoisotopic (exact) mass is 463 g/mol. The number of amides is 1. The zero-order valence-electron chi connectivity index (χ0n) is 18.1. The third kappa shape index (κ3) is 6.29. The standard InChI is InChI=1S/C23H30ClN3O3S/c1-3-4-19-5-11-22(12-6-19)31(29,30)27-15-13-26(14-16-27)17-23(28)25-18(2)20-7-9-21(24)10-8-20/h5-12,18H,3-4,13-17H2,1-2H3,(H,25,28). The van der Waals surface area contributed by atoms with Gasteiger partial charge in [0.25, 0.3) is 0 Å². The molecule has 168 valence electrons. The Hall–Kier alpha value is -1.93. The van der Waals surface area contributed by atoms with Crippen LogP contribution >= 0.6 is 11.6 Å². The van der Waals surface area contributed by atoms with Crippen LogP contribution in [0.5, 0.6) is 0 Å². The van der Waals surface area contributed by atoms with Gasteiger partial charge in [0.2, 0.25) is 15.9 Å². The highest BCUT2D eigenvalue weighted by Gasteiger charge is 2.29. The molecular formula is C23H30ClN3O3S. The molecule has 0 saturated carbocycles. The Labute approximate surface area is 190 Å². The fourth-order valence-electron chi connectivity index (χ4n) is 3.72. The molecule has 31 heavy (non-hydrogen) atoms. The van der Waals surface area contributed by atoms with Crippen LogP contribution in [0, 0.1) is 0 Å². The van der Waals surface area contributed by atoms with Crippen LogP contribution in [0.1, 0.15) is 37.4 Å². The van der Waals surface area contributed by atoms with Gasteiger partial charge in [-0.05, 0) is 48.7 Å². The molecule has 6 nitrogen and oxygen atoms in total. The van der Waals surface area contributed by atoms with Gasteiger partial charge in [-0.15, -0.1) is 0 Å². The van der Waals surface area contributed by atoms with E-state index in [-0.39, 0.29) is 18.5 Å². The Morgan fingerprint density at radius 2 is 1.65 bits per heavy atom. The van der Waals surface area contributed by atoms with Crippen molar-refractivity contribution < 1.29 is 13.2 Å². The van der Waals surface area contributed by atoms with Crippen LogP contribution in [0.25, 0.3) is 0 Å². The van der Waals surface area contributed by atoms with Gasteiger partial charge < -0.3 is 5.32 Å². The highest BCUT2D eigenvalue weighted by atomic mass is 35.5. The summed E-state index contributed by atoms with van der Waals surface area (Å²) in [5.41, 5.74) is 2.13. The van der Waals surface area contributed by atoms with E-state index >= 15 is 0 Å². The summed E-state index contributed by atoms with van der Waals surface area (Å²) in [6.07, 6.45) is 1.97. The summed E-state index contributed by atoms with van der Waals surface area (Å²) in [5, 5.41) is 3.65. The quantitative estimate of drug-likeness (QED) is 0.650. The van der Waals surface area contributed by atoms with E-state index in [1.165, 1.54) is 4.31 Å². The van der Waals surface area contributed by atoms with E-state index in [1.807, 2.05) is 36.1 Å². The fourth-order valence-corrected chi connectivity index (χ4v) is 5.27. The third-order valence-electron chi connectivity index (χ3n) is 5.55. The number of aryl methyl sites for hydroxylation is 1. The summed E-state index contributed by atoms with van der Waals surface area (Å²) in [5.74, 6) is -0.0785. The molecule has 2 aromatic carbocycles. The average Bonchev–Trinajstić information content (AvgIpc) is 2.75. The molecule has 8 heteroatoms. The van der Waals surface area contributed by atoms with Crippen molar-refractivity contribution in [2.24, 2.45) is 0 Å². The van der Waals surface area contributed by atoms with Gasteiger partial charge in [0.1, 0.15) is 0 Å². The predicted molar refractivity (Wildman–Crippen MR) is 124 cm³/mol. The van der Waals surface area contributed by atoms with E-state index in [0.29, 0.717) is 36.1 Å². The van der Waals surface area contributed by atoms with Crippen LogP contribution in [0.4, 0.5) is 0 Å². The van der Waals surface area contributed by atoms with Crippen LogP contribution in [0.3, 0.4) is 0 Å². The number of carbonyl (C=O) groups excluding carboxylic acids is 1. The van der Waals surface area contributed by atoms with Gasteiger partial charge in [0, 0.05) is 31.2 Å². The first-order valence-electron chi connectivity index (χ1n) is 10.7. The molecule has 0 radical (unpaired) electrons. The molecule has 0 bridgehead atoms. The highest BCUT2D eigenvalue weighted by molar-refractivity contribution is 7.89. The lowest BCUT2D eigenvalue weighted by Gasteiger charge is -2.33. The van der Waals surface area contributed by atoms with Crippen molar-refractivity contribution in [2.45, 2.75) is 37.6 Å². The van der Waals surface area contributed by atoms with Crippen molar-refractivity contribution in [1.29, 1.82) is 0 Å². The molecule has 1 atom stereocenters. The number of benzene rings is 2. The summed E-state index contributed by atoms with van der Waals surface area (Å²) in [7, 11) is -3.51. The number of carbonyl (C=O) groups is 1. The molecule has 1 fully saturated rings. The van der Waals surface area contributed by atoms with Gasteiger partial charge in [-0.2, -0.15) is 4.31 Å². The normalized spacial score (nSPS) is 16.7. The van der Waals surface area contributed by atoms with Crippen LogP contribution in [0.2, 0.25) is 5.02 Å². The summed E-state index contributed by atoms with van der Waals surface area (Å²) in [4.78, 5) is 14.8. The smallest absolute Gasteiger partial charge is 0.243 e. The molecule has 0 aromatic heterocycles. The maximum atomic E-state index is 12.9. The second-order valence-corrected chi connectivity index (χ2v) is 10.3. The second-order valence-electron chi connectivity index (χ2n) is 7.91. The topological polar surface area (TPSA) is 69.7 Å². The van der Waals surface area contributed by atoms with Crippen LogP contribution in [-0.2, 0) is 21.2 Å². The van der Waals surface area contributed by atoms with E-state index in [2.05, 4.69) is 12.2 Å². The van der Waals surface area contributed by atoms with Gasteiger partial charge >= 0.3 is 0 Å². The van der Waals surface area contributed by atoms with Crippen molar-refractivity contribution in [1.82, 2.24) is 14.5 Å². The van der Waals surface area contributed by atoms with Crippen molar-refractivity contribution in [2.75, 3.05) is 32.7 Å². The van der Waals surface area contributed by atoms with Crippen LogP contribution in [-0.4, -0.2) is 56.3 Å². The fraction of sp³-hybridized carbons (Fsp3) is 0.435. The van der Waals surface area contributed by atoms with Crippen molar-refractivity contribution in [3.05, 3.63) is 64.7 Å². The van der Waals surface area contributed by atoms with Gasteiger partial charge in [-0.1, -0.05) is 49.2 Å². The predicted octanol–water partition coefficient (Wildman–Crippen LogP) is 3.48. The highest BCUT2D eigenvalue weighted by Crippen LogP contribution is 2.19. The molecule has 1 aliphatic rings. The number of nitrogens with one attached hydrogen (secondary N) is 1. The number of piperazine rings is 1.